The second-order valence-electron chi connectivity index (χ2n) is 5.47. The number of hydrogen-bond acceptors (Lipinski definition) is 4. The SMILES string of the molecule is Nc1ncccc1CN1CCCN2CCCC2C1. The van der Waals surface area contributed by atoms with Crippen molar-refractivity contribution in [3.8, 4) is 0 Å². The lowest BCUT2D eigenvalue weighted by atomic mass is 10.2. The Balaban J connectivity index is 1.67. The van der Waals surface area contributed by atoms with Crippen LogP contribution >= 0.6 is 0 Å². The predicted octanol–water partition coefficient (Wildman–Crippen LogP) is 1.33. The maximum absolute atomic E-state index is 5.94. The molecule has 2 aliphatic heterocycles. The zero-order valence-electron chi connectivity index (χ0n) is 10.9. The molecule has 4 heteroatoms. The number of nitrogen functional groups attached to an aromatic ring is 1. The minimum Gasteiger partial charge on any atom is -0.383 e. The number of hydrogen-bond donors (Lipinski definition) is 1. The molecule has 1 aromatic rings. The normalized spacial score (nSPS) is 25.9. The van der Waals surface area contributed by atoms with Crippen molar-refractivity contribution in [3.05, 3.63) is 23.9 Å². The summed E-state index contributed by atoms with van der Waals surface area (Å²) in [4.78, 5) is 9.38. The van der Waals surface area contributed by atoms with Gasteiger partial charge in [-0.05, 0) is 45.0 Å². The lowest BCUT2D eigenvalue weighted by molar-refractivity contribution is 0.215. The molecule has 2 aliphatic rings. The van der Waals surface area contributed by atoms with Crippen molar-refractivity contribution in [2.24, 2.45) is 0 Å². The number of rotatable bonds is 2. The lowest BCUT2D eigenvalue weighted by Gasteiger charge is -2.25. The summed E-state index contributed by atoms with van der Waals surface area (Å²) in [5.74, 6) is 0.685. The van der Waals surface area contributed by atoms with Crippen LogP contribution in [0.25, 0.3) is 0 Å². The summed E-state index contributed by atoms with van der Waals surface area (Å²) >= 11 is 0. The summed E-state index contributed by atoms with van der Waals surface area (Å²) in [6.07, 6.45) is 5.77. The zero-order valence-corrected chi connectivity index (χ0v) is 10.9. The molecule has 3 heterocycles. The molecule has 0 radical (unpaired) electrons. The van der Waals surface area contributed by atoms with Gasteiger partial charge < -0.3 is 5.73 Å². The third-order valence-electron chi connectivity index (χ3n) is 4.21. The van der Waals surface area contributed by atoms with Gasteiger partial charge in [-0.2, -0.15) is 0 Å². The summed E-state index contributed by atoms with van der Waals surface area (Å²) in [5.41, 5.74) is 7.11. The van der Waals surface area contributed by atoms with Gasteiger partial charge in [0.15, 0.2) is 0 Å². The largest absolute Gasteiger partial charge is 0.383 e. The smallest absolute Gasteiger partial charge is 0.127 e. The molecule has 0 aromatic carbocycles. The Bertz CT molecular complexity index is 407. The van der Waals surface area contributed by atoms with E-state index in [-0.39, 0.29) is 0 Å². The van der Waals surface area contributed by atoms with Crippen LogP contribution in [0.4, 0.5) is 5.82 Å². The summed E-state index contributed by atoms with van der Waals surface area (Å²) in [6, 6.07) is 4.84. The van der Waals surface area contributed by atoms with Gasteiger partial charge in [-0.1, -0.05) is 6.07 Å². The molecule has 1 aromatic heterocycles. The van der Waals surface area contributed by atoms with Gasteiger partial charge in [-0.3, -0.25) is 9.80 Å². The number of fused-ring (bicyclic) bond motifs is 1. The van der Waals surface area contributed by atoms with Crippen molar-refractivity contribution < 1.29 is 0 Å². The fraction of sp³-hybridized carbons (Fsp3) is 0.643. The molecule has 2 saturated heterocycles. The molecule has 0 amide bonds. The van der Waals surface area contributed by atoms with Crippen LogP contribution in [0.5, 0.6) is 0 Å². The molecule has 0 aliphatic carbocycles. The van der Waals surface area contributed by atoms with Gasteiger partial charge in [0.2, 0.25) is 0 Å². The summed E-state index contributed by atoms with van der Waals surface area (Å²) in [7, 11) is 0. The lowest BCUT2D eigenvalue weighted by Crippen LogP contribution is -2.36. The van der Waals surface area contributed by atoms with Crippen LogP contribution in [0.15, 0.2) is 18.3 Å². The van der Waals surface area contributed by atoms with E-state index in [2.05, 4.69) is 20.9 Å². The van der Waals surface area contributed by atoms with Gasteiger partial charge in [0, 0.05) is 30.9 Å². The second kappa shape index (κ2) is 5.24. The summed E-state index contributed by atoms with van der Waals surface area (Å²) in [5, 5.41) is 0. The molecule has 0 bridgehead atoms. The van der Waals surface area contributed by atoms with Gasteiger partial charge >= 0.3 is 0 Å². The standard InChI is InChI=1S/C14H22N4/c15-14-12(4-1-6-16-14)10-17-7-3-9-18-8-2-5-13(18)11-17/h1,4,6,13H,2-3,5,7-11H2,(H2,15,16). The van der Waals surface area contributed by atoms with E-state index in [1.807, 2.05) is 6.07 Å². The first-order valence-electron chi connectivity index (χ1n) is 6.99. The first-order valence-corrected chi connectivity index (χ1v) is 6.99. The molecule has 1 atom stereocenters. The van der Waals surface area contributed by atoms with E-state index < -0.39 is 0 Å². The quantitative estimate of drug-likeness (QED) is 0.855. The molecule has 1 unspecified atom stereocenters. The monoisotopic (exact) mass is 246 g/mol. The van der Waals surface area contributed by atoms with E-state index in [0.717, 1.165) is 12.6 Å². The third kappa shape index (κ3) is 2.49. The summed E-state index contributed by atoms with van der Waals surface area (Å²) in [6.45, 7) is 5.89. The Labute approximate surface area is 109 Å². The van der Waals surface area contributed by atoms with Gasteiger partial charge in [0.1, 0.15) is 5.82 Å². The molecule has 0 spiro atoms. The van der Waals surface area contributed by atoms with Crippen LogP contribution in [0.2, 0.25) is 0 Å². The average Bonchev–Trinajstić information content (AvgIpc) is 2.71. The van der Waals surface area contributed by atoms with Crippen molar-refractivity contribution in [1.82, 2.24) is 14.8 Å². The van der Waals surface area contributed by atoms with E-state index in [0.29, 0.717) is 5.82 Å². The van der Waals surface area contributed by atoms with Gasteiger partial charge in [0.25, 0.3) is 0 Å². The van der Waals surface area contributed by atoms with Crippen molar-refractivity contribution in [2.45, 2.75) is 31.8 Å². The Kier molecular flexibility index (Phi) is 3.48. The molecule has 18 heavy (non-hydrogen) atoms. The second-order valence-corrected chi connectivity index (χ2v) is 5.47. The Morgan fingerprint density at radius 1 is 1.28 bits per heavy atom. The maximum atomic E-state index is 5.94. The first kappa shape index (κ1) is 11.9. The molecule has 2 N–H and O–H groups in total. The van der Waals surface area contributed by atoms with Crippen LogP contribution in [0.1, 0.15) is 24.8 Å². The van der Waals surface area contributed by atoms with Crippen LogP contribution in [-0.4, -0.2) is 47.0 Å². The highest BCUT2D eigenvalue weighted by Gasteiger charge is 2.28. The van der Waals surface area contributed by atoms with E-state index in [9.17, 15) is 0 Å². The van der Waals surface area contributed by atoms with Gasteiger partial charge in [0.05, 0.1) is 0 Å². The summed E-state index contributed by atoms with van der Waals surface area (Å²) < 4.78 is 0. The fourth-order valence-electron chi connectivity index (χ4n) is 3.25. The molecular weight excluding hydrogens is 224 g/mol. The molecule has 3 rings (SSSR count). The average molecular weight is 246 g/mol. The highest BCUT2D eigenvalue weighted by Crippen LogP contribution is 2.22. The van der Waals surface area contributed by atoms with Crippen LogP contribution in [-0.2, 0) is 6.54 Å². The maximum Gasteiger partial charge on any atom is 0.127 e. The highest BCUT2D eigenvalue weighted by molar-refractivity contribution is 5.38. The predicted molar refractivity (Wildman–Crippen MR) is 73.1 cm³/mol. The molecular formula is C14H22N4. The topological polar surface area (TPSA) is 45.4 Å². The van der Waals surface area contributed by atoms with E-state index in [1.165, 1.54) is 51.0 Å². The fourth-order valence-corrected chi connectivity index (χ4v) is 3.25. The number of aromatic nitrogens is 1. The van der Waals surface area contributed by atoms with Gasteiger partial charge in [-0.15, -0.1) is 0 Å². The minimum atomic E-state index is 0.685. The number of nitrogens with zero attached hydrogens (tertiary/aromatic N) is 3. The van der Waals surface area contributed by atoms with Crippen molar-refractivity contribution >= 4 is 5.82 Å². The van der Waals surface area contributed by atoms with Gasteiger partial charge in [-0.25, -0.2) is 4.98 Å². The van der Waals surface area contributed by atoms with Crippen LogP contribution in [0, 0.1) is 0 Å². The van der Waals surface area contributed by atoms with Crippen molar-refractivity contribution in [2.75, 3.05) is 31.9 Å². The van der Waals surface area contributed by atoms with E-state index >= 15 is 0 Å². The number of pyridine rings is 1. The van der Waals surface area contributed by atoms with E-state index in [4.69, 9.17) is 5.73 Å². The third-order valence-corrected chi connectivity index (χ3v) is 4.21. The van der Waals surface area contributed by atoms with Crippen molar-refractivity contribution in [3.63, 3.8) is 0 Å². The number of nitrogens with two attached hydrogens (primary N) is 1. The van der Waals surface area contributed by atoms with Crippen LogP contribution in [0.3, 0.4) is 0 Å². The zero-order chi connectivity index (χ0) is 12.4. The van der Waals surface area contributed by atoms with Crippen LogP contribution < -0.4 is 5.73 Å². The highest BCUT2D eigenvalue weighted by atomic mass is 15.3. The first-order chi connectivity index (χ1) is 8.83. The van der Waals surface area contributed by atoms with E-state index in [1.54, 1.807) is 6.20 Å². The minimum absolute atomic E-state index is 0.685. The Hall–Kier alpha value is -1.13. The number of anilines is 1. The molecule has 0 saturated carbocycles. The van der Waals surface area contributed by atoms with Crippen molar-refractivity contribution in [1.29, 1.82) is 0 Å². The molecule has 4 nitrogen and oxygen atoms in total. The molecule has 98 valence electrons. The Morgan fingerprint density at radius 2 is 2.17 bits per heavy atom. The Morgan fingerprint density at radius 3 is 3.06 bits per heavy atom. The molecule has 2 fully saturated rings.